The van der Waals surface area contributed by atoms with E-state index in [1.807, 2.05) is 0 Å². The van der Waals surface area contributed by atoms with E-state index < -0.39 is 16.6 Å². The van der Waals surface area contributed by atoms with E-state index in [2.05, 4.69) is 139 Å². The third kappa shape index (κ3) is 5.38. The van der Waals surface area contributed by atoms with Gasteiger partial charge in [-0.25, -0.2) is 0 Å². The van der Waals surface area contributed by atoms with Crippen LogP contribution in [-0.2, 0) is 16.6 Å². The summed E-state index contributed by atoms with van der Waals surface area (Å²) in [6, 6.07) is 33.1. The molecule has 4 atom stereocenters. The molecule has 0 spiro atoms. The molecule has 0 aromatic heterocycles. The first kappa shape index (κ1) is 34.5. The fourth-order valence-electron chi connectivity index (χ4n) is 10.2. The summed E-state index contributed by atoms with van der Waals surface area (Å²) >= 11 is -2.70. The molecule has 0 radical (unpaired) electrons. The van der Waals surface area contributed by atoms with Crippen molar-refractivity contribution in [2.24, 2.45) is 11.8 Å². The fourth-order valence-corrected chi connectivity index (χ4v) is 24.7. The van der Waals surface area contributed by atoms with Gasteiger partial charge in [0.15, 0.2) is 0 Å². The van der Waals surface area contributed by atoms with Crippen molar-refractivity contribution in [1.82, 2.24) is 0 Å². The Balaban J connectivity index is 0.00000193. The zero-order valence-electron chi connectivity index (χ0n) is 28.8. The largest absolute Gasteiger partial charge is 1.00 e. The minimum Gasteiger partial charge on any atom is -1.00 e. The Bertz CT molecular complexity index is 1710. The van der Waals surface area contributed by atoms with E-state index in [4.69, 9.17) is 0 Å². The Labute approximate surface area is 299 Å². The van der Waals surface area contributed by atoms with Crippen molar-refractivity contribution < 1.29 is 41.4 Å². The second kappa shape index (κ2) is 13.2. The van der Waals surface area contributed by atoms with Gasteiger partial charge < -0.3 is 24.8 Å². The smallest absolute Gasteiger partial charge is 1.00 e. The van der Waals surface area contributed by atoms with Crippen LogP contribution in [0, 0.1) is 25.7 Å². The van der Waals surface area contributed by atoms with Crippen LogP contribution in [0.15, 0.2) is 96.1 Å². The average molecular weight is 696 g/mol. The number of hydrogen-bond donors (Lipinski definition) is 0. The Kier molecular flexibility index (Phi) is 9.67. The van der Waals surface area contributed by atoms with Gasteiger partial charge >= 0.3 is 276 Å². The molecule has 4 aliphatic rings. The second-order valence-electron chi connectivity index (χ2n) is 15.3. The average Bonchev–Trinajstić information content (AvgIpc) is 3.32. The Morgan fingerprint density at radius 3 is 1.28 bits per heavy atom. The maximum absolute atomic E-state index is 2.70. The molecule has 0 bridgehead atoms. The van der Waals surface area contributed by atoms with Crippen LogP contribution in [0.3, 0.4) is 0 Å². The predicted octanol–water partition coefficient (Wildman–Crippen LogP) is 6.85. The van der Waals surface area contributed by atoms with Gasteiger partial charge in [-0.1, -0.05) is 0 Å². The van der Waals surface area contributed by atoms with Gasteiger partial charge in [0.1, 0.15) is 0 Å². The van der Waals surface area contributed by atoms with Crippen LogP contribution in [0.1, 0.15) is 95.2 Å². The first-order valence-electron chi connectivity index (χ1n) is 17.6. The number of allylic oxidation sites excluding steroid dienone is 2. The van der Waals surface area contributed by atoms with Gasteiger partial charge in [-0.3, -0.25) is 0 Å². The molecule has 3 aliphatic carbocycles. The van der Waals surface area contributed by atoms with Crippen molar-refractivity contribution in [3.63, 3.8) is 0 Å². The molecule has 2 fully saturated rings. The van der Waals surface area contributed by atoms with Crippen LogP contribution in [0.25, 0.3) is 34.4 Å². The van der Waals surface area contributed by atoms with Gasteiger partial charge in [-0.2, -0.15) is 0 Å². The van der Waals surface area contributed by atoms with Gasteiger partial charge in [0.2, 0.25) is 0 Å². The quantitative estimate of drug-likeness (QED) is 0.194. The minimum absolute atomic E-state index is 0. The number of hydrogen-bond acceptors (Lipinski definition) is 0. The predicted molar refractivity (Wildman–Crippen MR) is 190 cm³/mol. The number of benzene rings is 4. The van der Waals surface area contributed by atoms with E-state index in [1.54, 1.807) is 22.3 Å². The molecule has 4 aromatic carbocycles. The van der Waals surface area contributed by atoms with Crippen LogP contribution in [0.5, 0.6) is 0 Å². The molecule has 1 saturated carbocycles. The summed E-state index contributed by atoms with van der Waals surface area (Å²) in [5.41, 5.74) is 18.2. The monoisotopic (exact) mass is 694 g/mol. The maximum Gasteiger partial charge on any atom is -1.00 e. The van der Waals surface area contributed by atoms with Gasteiger partial charge in [-0.05, 0) is 0 Å². The fraction of sp³-hybridized carbons (Fsp3) is 0.364. The zero-order chi connectivity index (χ0) is 31.0. The molecule has 242 valence electrons. The van der Waals surface area contributed by atoms with Crippen molar-refractivity contribution in [3.05, 3.63) is 129 Å². The molecule has 8 rings (SSSR count). The molecular formula is C44H48Cl2Ti. The van der Waals surface area contributed by atoms with Gasteiger partial charge in [0.25, 0.3) is 0 Å². The van der Waals surface area contributed by atoms with E-state index in [0.29, 0.717) is 20.3 Å². The van der Waals surface area contributed by atoms with Crippen LogP contribution in [-0.4, -0.2) is 0 Å². The summed E-state index contributed by atoms with van der Waals surface area (Å²) in [6.45, 7) is 14.3. The van der Waals surface area contributed by atoms with E-state index in [1.165, 1.54) is 70.2 Å². The summed E-state index contributed by atoms with van der Waals surface area (Å²) in [6.07, 6.45) is 11.2. The van der Waals surface area contributed by atoms with Crippen molar-refractivity contribution in [1.29, 1.82) is 0 Å². The number of halogens is 2. The SMILES string of the molecule is Cc1ccc(-c2cccc3c2C=C(C(C)C)[CH]3[Ti+2]2([CH]3C(C(C)C)=Cc4c(-c5ccc(C)cc5)cccc43)[CH]3CCCC[CH]32)cc1.[Cl-].[Cl-]. The molecule has 1 heterocycles. The van der Waals surface area contributed by atoms with Crippen LogP contribution < -0.4 is 24.8 Å². The minimum atomic E-state index is -2.70. The Morgan fingerprint density at radius 1 is 0.532 bits per heavy atom. The van der Waals surface area contributed by atoms with Crippen LogP contribution >= 0.6 is 0 Å². The van der Waals surface area contributed by atoms with Crippen molar-refractivity contribution in [2.75, 3.05) is 0 Å². The molecule has 47 heavy (non-hydrogen) atoms. The molecule has 1 aliphatic heterocycles. The number of rotatable bonds is 6. The maximum atomic E-state index is 2.69. The molecule has 4 unspecified atom stereocenters. The summed E-state index contributed by atoms with van der Waals surface area (Å²) in [7, 11) is 0. The normalized spacial score (nSPS) is 23.9. The van der Waals surface area contributed by atoms with Crippen molar-refractivity contribution in [2.45, 2.75) is 84.1 Å². The summed E-state index contributed by atoms with van der Waals surface area (Å²) in [4.78, 5) is 0. The van der Waals surface area contributed by atoms with E-state index in [9.17, 15) is 0 Å². The standard InChI is InChI=1S/2C19H19.C6H10.2ClH.Ti/c2*1-13(2)17-11-16-5-4-6-18(19(16)12-17)15-9-7-14(3)8-10-15;1-2-4-6-5-3-1;;;/h2*4-13H,1-3H3;1-2H,3-6H2;2*1H;/q;;;;;+2/p-2. The van der Waals surface area contributed by atoms with Crippen LogP contribution in [0.2, 0.25) is 8.45 Å². The van der Waals surface area contributed by atoms with Crippen molar-refractivity contribution in [3.8, 4) is 22.3 Å². The zero-order valence-corrected chi connectivity index (χ0v) is 31.9. The number of fused-ring (bicyclic) bond motifs is 3. The summed E-state index contributed by atoms with van der Waals surface area (Å²) in [5.74, 6) is 1.12. The van der Waals surface area contributed by atoms with Crippen molar-refractivity contribution >= 4 is 12.2 Å². The molecule has 0 N–H and O–H groups in total. The molecule has 0 amide bonds. The third-order valence-electron chi connectivity index (χ3n) is 12.2. The van der Waals surface area contributed by atoms with E-state index in [0.717, 1.165) is 8.45 Å². The molecule has 4 aromatic rings. The molecule has 3 heteroatoms. The van der Waals surface area contributed by atoms with E-state index in [-0.39, 0.29) is 24.8 Å². The molecular weight excluding hydrogens is 647 g/mol. The summed E-state index contributed by atoms with van der Waals surface area (Å²) < 4.78 is 3.25. The molecule has 0 nitrogen and oxygen atoms in total. The van der Waals surface area contributed by atoms with E-state index >= 15 is 0 Å². The van der Waals surface area contributed by atoms with Crippen LogP contribution in [0.4, 0.5) is 0 Å². The first-order chi connectivity index (χ1) is 21.8. The topological polar surface area (TPSA) is 0 Å². The third-order valence-corrected chi connectivity index (χ3v) is 22.9. The van der Waals surface area contributed by atoms with Gasteiger partial charge in [0, 0.05) is 0 Å². The molecule has 1 saturated heterocycles. The number of aryl methyl sites for hydroxylation is 2. The van der Waals surface area contributed by atoms with Gasteiger partial charge in [0.05, 0.1) is 0 Å². The summed E-state index contributed by atoms with van der Waals surface area (Å²) in [5, 5.41) is 0. The Morgan fingerprint density at radius 2 is 0.915 bits per heavy atom. The second-order valence-corrected chi connectivity index (χ2v) is 22.6. The first-order valence-corrected chi connectivity index (χ1v) is 21.2. The Hall–Kier alpha value is -2.35. The van der Waals surface area contributed by atoms with Gasteiger partial charge in [-0.15, -0.1) is 0 Å².